The van der Waals surface area contributed by atoms with Gasteiger partial charge in [-0.05, 0) is 35.4 Å². The number of rotatable bonds is 3. The van der Waals surface area contributed by atoms with Crippen molar-refractivity contribution < 1.29 is 0 Å². The SMILES string of the molecule is NNC(c1ccc2ncccc2c1)c1cccc(Cl)c1Cl. The van der Waals surface area contributed by atoms with Crippen molar-refractivity contribution in [3.63, 3.8) is 0 Å². The fourth-order valence-corrected chi connectivity index (χ4v) is 2.80. The number of hydrogen-bond donors (Lipinski definition) is 2. The Kier molecular flexibility index (Phi) is 4.08. The molecule has 3 nitrogen and oxygen atoms in total. The Hall–Kier alpha value is -1.65. The van der Waals surface area contributed by atoms with Crippen LogP contribution in [0.2, 0.25) is 10.0 Å². The number of nitrogens with two attached hydrogens (primary N) is 1. The lowest BCUT2D eigenvalue weighted by Gasteiger charge is -2.19. The molecule has 0 amide bonds. The third kappa shape index (κ3) is 2.74. The highest BCUT2D eigenvalue weighted by Gasteiger charge is 2.17. The van der Waals surface area contributed by atoms with E-state index in [4.69, 9.17) is 29.0 Å². The molecule has 0 bridgehead atoms. The molecule has 0 spiro atoms. The van der Waals surface area contributed by atoms with E-state index < -0.39 is 0 Å². The van der Waals surface area contributed by atoms with E-state index in [1.54, 1.807) is 12.3 Å². The maximum Gasteiger partial charge on any atom is 0.0725 e. The summed E-state index contributed by atoms with van der Waals surface area (Å²) in [6.07, 6.45) is 1.77. The highest BCUT2D eigenvalue weighted by atomic mass is 35.5. The summed E-state index contributed by atoms with van der Waals surface area (Å²) >= 11 is 12.4. The molecular formula is C16H13Cl2N3. The first-order chi connectivity index (χ1) is 10.2. The first-order valence-electron chi connectivity index (χ1n) is 6.45. The number of fused-ring (bicyclic) bond motifs is 1. The molecule has 0 aliphatic heterocycles. The van der Waals surface area contributed by atoms with Crippen molar-refractivity contribution in [1.82, 2.24) is 10.4 Å². The molecule has 0 aliphatic rings. The van der Waals surface area contributed by atoms with Crippen LogP contribution in [0, 0.1) is 0 Å². The molecule has 2 aromatic carbocycles. The van der Waals surface area contributed by atoms with Gasteiger partial charge in [0.05, 0.1) is 21.6 Å². The normalized spacial score (nSPS) is 12.5. The smallest absolute Gasteiger partial charge is 0.0725 e. The zero-order valence-electron chi connectivity index (χ0n) is 11.1. The topological polar surface area (TPSA) is 50.9 Å². The van der Waals surface area contributed by atoms with E-state index >= 15 is 0 Å². The van der Waals surface area contributed by atoms with E-state index in [1.165, 1.54) is 0 Å². The van der Waals surface area contributed by atoms with Gasteiger partial charge < -0.3 is 0 Å². The Bertz CT molecular complexity index is 789. The van der Waals surface area contributed by atoms with E-state index in [1.807, 2.05) is 42.5 Å². The quantitative estimate of drug-likeness (QED) is 0.565. The summed E-state index contributed by atoms with van der Waals surface area (Å²) in [5.74, 6) is 5.73. The second-order valence-electron chi connectivity index (χ2n) is 4.70. The average Bonchev–Trinajstić information content (AvgIpc) is 2.52. The van der Waals surface area contributed by atoms with E-state index in [9.17, 15) is 0 Å². The highest BCUT2D eigenvalue weighted by molar-refractivity contribution is 6.42. The standard InChI is InChI=1S/C16H13Cl2N3/c17-13-5-1-4-12(15(13)18)16(21-19)11-6-7-14-10(9-11)3-2-8-20-14/h1-9,16,21H,19H2. The predicted octanol–water partition coefficient (Wildman–Crippen LogP) is 4.09. The summed E-state index contributed by atoms with van der Waals surface area (Å²) in [5, 5.41) is 2.07. The molecule has 1 aromatic heterocycles. The van der Waals surface area contributed by atoms with Gasteiger partial charge in [0, 0.05) is 11.6 Å². The lowest BCUT2D eigenvalue weighted by atomic mass is 9.98. The molecule has 3 rings (SSSR count). The minimum Gasteiger partial charge on any atom is -0.271 e. The Morgan fingerprint density at radius 2 is 1.90 bits per heavy atom. The van der Waals surface area contributed by atoms with Gasteiger partial charge in [-0.25, -0.2) is 5.43 Å². The van der Waals surface area contributed by atoms with Crippen LogP contribution in [-0.4, -0.2) is 4.98 Å². The minimum atomic E-state index is -0.235. The monoisotopic (exact) mass is 317 g/mol. The fourth-order valence-electron chi connectivity index (χ4n) is 2.38. The van der Waals surface area contributed by atoms with Gasteiger partial charge in [0.2, 0.25) is 0 Å². The van der Waals surface area contributed by atoms with Crippen molar-refractivity contribution in [2.75, 3.05) is 0 Å². The molecule has 0 aliphatic carbocycles. The van der Waals surface area contributed by atoms with Gasteiger partial charge >= 0.3 is 0 Å². The summed E-state index contributed by atoms with van der Waals surface area (Å²) in [7, 11) is 0. The van der Waals surface area contributed by atoms with Crippen molar-refractivity contribution in [3.8, 4) is 0 Å². The molecular weight excluding hydrogens is 305 g/mol. The van der Waals surface area contributed by atoms with Crippen molar-refractivity contribution >= 4 is 34.1 Å². The largest absolute Gasteiger partial charge is 0.271 e. The Morgan fingerprint density at radius 3 is 2.71 bits per heavy atom. The molecule has 5 heteroatoms. The molecule has 1 atom stereocenters. The van der Waals surface area contributed by atoms with E-state index in [0.717, 1.165) is 22.0 Å². The molecule has 0 radical (unpaired) electrons. The van der Waals surface area contributed by atoms with Crippen LogP contribution in [0.25, 0.3) is 10.9 Å². The number of nitrogens with zero attached hydrogens (tertiary/aromatic N) is 1. The Balaban J connectivity index is 2.11. The lowest BCUT2D eigenvalue weighted by molar-refractivity contribution is 0.638. The lowest BCUT2D eigenvalue weighted by Crippen LogP contribution is -2.29. The maximum absolute atomic E-state index is 6.30. The first-order valence-corrected chi connectivity index (χ1v) is 7.21. The van der Waals surface area contributed by atoms with Crippen LogP contribution in [0.15, 0.2) is 54.7 Å². The molecule has 0 fully saturated rings. The molecule has 0 saturated carbocycles. The third-order valence-corrected chi connectivity index (χ3v) is 4.25. The molecule has 3 N–H and O–H groups in total. The predicted molar refractivity (Wildman–Crippen MR) is 87.4 cm³/mol. The number of halogens is 2. The molecule has 1 unspecified atom stereocenters. The number of nitrogens with one attached hydrogen (secondary N) is 1. The van der Waals surface area contributed by atoms with Gasteiger partial charge in [-0.15, -0.1) is 0 Å². The summed E-state index contributed by atoms with van der Waals surface area (Å²) < 4.78 is 0. The van der Waals surface area contributed by atoms with Gasteiger partial charge in [0.1, 0.15) is 0 Å². The van der Waals surface area contributed by atoms with Gasteiger partial charge in [-0.3, -0.25) is 10.8 Å². The van der Waals surface area contributed by atoms with Crippen LogP contribution in [0.1, 0.15) is 17.2 Å². The Labute approximate surface area is 132 Å². The molecule has 3 aromatic rings. The second-order valence-corrected chi connectivity index (χ2v) is 5.48. The summed E-state index contributed by atoms with van der Waals surface area (Å²) in [6.45, 7) is 0. The third-order valence-electron chi connectivity index (χ3n) is 3.42. The van der Waals surface area contributed by atoms with Gasteiger partial charge in [0.25, 0.3) is 0 Å². The van der Waals surface area contributed by atoms with Gasteiger partial charge in [-0.2, -0.15) is 0 Å². The Morgan fingerprint density at radius 1 is 1.05 bits per heavy atom. The zero-order chi connectivity index (χ0) is 14.8. The minimum absolute atomic E-state index is 0.235. The summed E-state index contributed by atoms with van der Waals surface area (Å²) in [6, 6.07) is 15.2. The van der Waals surface area contributed by atoms with Crippen LogP contribution < -0.4 is 11.3 Å². The van der Waals surface area contributed by atoms with Crippen LogP contribution in [0.5, 0.6) is 0 Å². The second kappa shape index (κ2) is 6.00. The van der Waals surface area contributed by atoms with Crippen LogP contribution in [0.4, 0.5) is 0 Å². The fraction of sp³-hybridized carbons (Fsp3) is 0.0625. The van der Waals surface area contributed by atoms with E-state index in [-0.39, 0.29) is 6.04 Å². The van der Waals surface area contributed by atoms with Crippen molar-refractivity contribution in [1.29, 1.82) is 0 Å². The number of aromatic nitrogens is 1. The average molecular weight is 318 g/mol. The van der Waals surface area contributed by atoms with Crippen molar-refractivity contribution in [3.05, 3.63) is 75.9 Å². The van der Waals surface area contributed by atoms with Gasteiger partial charge in [-0.1, -0.05) is 47.5 Å². The molecule has 1 heterocycles. The van der Waals surface area contributed by atoms with E-state index in [2.05, 4.69) is 10.4 Å². The van der Waals surface area contributed by atoms with E-state index in [0.29, 0.717) is 10.0 Å². The maximum atomic E-state index is 6.30. The summed E-state index contributed by atoms with van der Waals surface area (Å²) in [5.41, 5.74) is 5.59. The van der Waals surface area contributed by atoms with Gasteiger partial charge in [0.15, 0.2) is 0 Å². The summed E-state index contributed by atoms with van der Waals surface area (Å²) in [4.78, 5) is 4.31. The van der Waals surface area contributed by atoms with Crippen LogP contribution in [0.3, 0.4) is 0 Å². The highest BCUT2D eigenvalue weighted by Crippen LogP contribution is 2.33. The number of hydrazine groups is 1. The van der Waals surface area contributed by atoms with Crippen molar-refractivity contribution in [2.24, 2.45) is 5.84 Å². The molecule has 0 saturated heterocycles. The number of pyridine rings is 1. The first kappa shape index (κ1) is 14.3. The van der Waals surface area contributed by atoms with Crippen LogP contribution >= 0.6 is 23.2 Å². The zero-order valence-corrected chi connectivity index (χ0v) is 12.6. The number of benzene rings is 2. The van der Waals surface area contributed by atoms with Crippen molar-refractivity contribution in [2.45, 2.75) is 6.04 Å². The van der Waals surface area contributed by atoms with Crippen LogP contribution in [-0.2, 0) is 0 Å². The number of hydrogen-bond acceptors (Lipinski definition) is 3. The molecule has 106 valence electrons. The molecule has 21 heavy (non-hydrogen) atoms.